The fourth-order valence-corrected chi connectivity index (χ4v) is 1.62. The standard InChI is InChI=1S/C9H19FNO.HI/c1-7-9(10)5-8(12-7)6-11(2,3)4;/h7-9H,5-6H2,1-4H3;1H/q+1;/p-1/t7-,8-,9+;/m0./s1. The molecule has 0 aromatic carbocycles. The first-order valence-electron chi connectivity index (χ1n) is 4.48. The van der Waals surface area contributed by atoms with Gasteiger partial charge in [0.2, 0.25) is 0 Å². The van der Waals surface area contributed by atoms with Gasteiger partial charge in [0, 0.05) is 6.42 Å². The zero-order valence-corrected chi connectivity index (χ0v) is 10.9. The number of nitrogens with zero attached hydrogens (tertiary/aromatic N) is 1. The van der Waals surface area contributed by atoms with E-state index < -0.39 is 6.17 Å². The summed E-state index contributed by atoms with van der Waals surface area (Å²) >= 11 is 0. The molecule has 0 N–H and O–H groups in total. The Balaban J connectivity index is 0.00000144. The first kappa shape index (κ1) is 13.6. The molecule has 0 unspecified atom stereocenters. The van der Waals surface area contributed by atoms with Crippen molar-refractivity contribution >= 4 is 0 Å². The van der Waals surface area contributed by atoms with Crippen LogP contribution in [0.15, 0.2) is 0 Å². The van der Waals surface area contributed by atoms with Gasteiger partial charge in [0.25, 0.3) is 0 Å². The van der Waals surface area contributed by atoms with E-state index in [0.29, 0.717) is 6.42 Å². The highest BCUT2D eigenvalue weighted by Gasteiger charge is 2.34. The van der Waals surface area contributed by atoms with E-state index >= 15 is 0 Å². The average Bonchev–Trinajstić information content (AvgIpc) is 2.07. The number of rotatable bonds is 2. The normalized spacial score (nSPS) is 34.4. The number of ether oxygens (including phenoxy) is 1. The highest BCUT2D eigenvalue weighted by atomic mass is 127. The highest BCUT2D eigenvalue weighted by molar-refractivity contribution is 4.78. The monoisotopic (exact) mass is 303 g/mol. The minimum absolute atomic E-state index is 0. The van der Waals surface area contributed by atoms with Crippen LogP contribution in [-0.2, 0) is 4.74 Å². The van der Waals surface area contributed by atoms with Crippen LogP contribution in [0.2, 0.25) is 0 Å². The SMILES string of the molecule is C[C@@H]1O[C@H](C[N+](C)(C)C)C[C@H]1F.[I-]. The summed E-state index contributed by atoms with van der Waals surface area (Å²) in [6.07, 6.45) is -0.297. The van der Waals surface area contributed by atoms with Crippen LogP contribution >= 0.6 is 0 Å². The molecule has 80 valence electrons. The van der Waals surface area contributed by atoms with Crippen LogP contribution in [0.4, 0.5) is 4.39 Å². The van der Waals surface area contributed by atoms with E-state index in [9.17, 15) is 4.39 Å². The predicted octanol–water partition coefficient (Wildman–Crippen LogP) is -1.79. The summed E-state index contributed by atoms with van der Waals surface area (Å²) < 4.78 is 19.3. The van der Waals surface area contributed by atoms with Crippen LogP contribution in [0.5, 0.6) is 0 Å². The Kier molecular flexibility index (Phi) is 5.10. The van der Waals surface area contributed by atoms with E-state index in [1.165, 1.54) is 0 Å². The number of likely N-dealkylation sites (N-methyl/N-ethyl adjacent to an activating group) is 1. The summed E-state index contributed by atoms with van der Waals surface area (Å²) in [7, 11) is 6.29. The minimum Gasteiger partial charge on any atom is -1.00 e. The lowest BCUT2D eigenvalue weighted by atomic mass is 10.1. The second kappa shape index (κ2) is 4.89. The van der Waals surface area contributed by atoms with Gasteiger partial charge in [0.15, 0.2) is 0 Å². The maximum absolute atomic E-state index is 13.0. The Morgan fingerprint density at radius 2 is 1.92 bits per heavy atom. The summed E-state index contributed by atoms with van der Waals surface area (Å²) in [5.41, 5.74) is 0. The second-order valence-corrected chi connectivity index (χ2v) is 4.69. The van der Waals surface area contributed by atoms with Crippen LogP contribution in [0.3, 0.4) is 0 Å². The summed E-state index contributed by atoms with van der Waals surface area (Å²) in [6, 6.07) is 0. The van der Waals surface area contributed by atoms with E-state index in [4.69, 9.17) is 4.74 Å². The van der Waals surface area contributed by atoms with Crippen molar-refractivity contribution in [2.75, 3.05) is 27.7 Å². The molecule has 2 nitrogen and oxygen atoms in total. The topological polar surface area (TPSA) is 9.23 Å². The molecule has 0 bridgehead atoms. The van der Waals surface area contributed by atoms with Gasteiger partial charge in [-0.1, -0.05) is 0 Å². The molecule has 0 aromatic heterocycles. The Morgan fingerprint density at radius 1 is 1.38 bits per heavy atom. The zero-order chi connectivity index (χ0) is 9.35. The highest BCUT2D eigenvalue weighted by Crippen LogP contribution is 2.23. The van der Waals surface area contributed by atoms with E-state index in [1.54, 1.807) is 6.92 Å². The van der Waals surface area contributed by atoms with Gasteiger partial charge in [-0.25, -0.2) is 4.39 Å². The lowest BCUT2D eigenvalue weighted by molar-refractivity contribution is -0.873. The van der Waals surface area contributed by atoms with E-state index in [1.807, 2.05) is 0 Å². The third-order valence-electron chi connectivity index (χ3n) is 2.16. The van der Waals surface area contributed by atoms with Crippen molar-refractivity contribution in [1.29, 1.82) is 0 Å². The molecule has 4 heteroatoms. The summed E-state index contributed by atoms with van der Waals surface area (Å²) in [6.45, 7) is 2.70. The van der Waals surface area contributed by atoms with Gasteiger partial charge in [-0.15, -0.1) is 0 Å². The van der Waals surface area contributed by atoms with Crippen molar-refractivity contribution in [3.8, 4) is 0 Å². The van der Waals surface area contributed by atoms with Gasteiger partial charge in [-0.3, -0.25) is 0 Å². The third kappa shape index (κ3) is 4.56. The van der Waals surface area contributed by atoms with Crippen molar-refractivity contribution in [3.63, 3.8) is 0 Å². The van der Waals surface area contributed by atoms with Crippen molar-refractivity contribution < 1.29 is 37.6 Å². The zero-order valence-electron chi connectivity index (χ0n) is 8.76. The summed E-state index contributed by atoms with van der Waals surface area (Å²) in [5, 5.41) is 0. The molecule has 1 rings (SSSR count). The number of halogens is 2. The number of quaternary nitrogens is 1. The van der Waals surface area contributed by atoms with E-state index in [0.717, 1.165) is 11.0 Å². The molecule has 0 aromatic rings. The smallest absolute Gasteiger partial charge is 0.129 e. The van der Waals surface area contributed by atoms with Crippen molar-refractivity contribution in [1.82, 2.24) is 0 Å². The van der Waals surface area contributed by atoms with Crippen LogP contribution in [-0.4, -0.2) is 50.6 Å². The number of hydrogen-bond donors (Lipinski definition) is 0. The summed E-state index contributed by atoms with van der Waals surface area (Å²) in [4.78, 5) is 0. The van der Waals surface area contributed by atoms with Crippen LogP contribution in [0, 0.1) is 0 Å². The molecule has 1 aliphatic heterocycles. The van der Waals surface area contributed by atoms with Gasteiger partial charge in [-0.05, 0) is 6.92 Å². The molecule has 1 aliphatic rings. The molecular formula is C9H19FINO. The molecule has 0 aliphatic carbocycles. The van der Waals surface area contributed by atoms with Crippen LogP contribution in [0.1, 0.15) is 13.3 Å². The fourth-order valence-electron chi connectivity index (χ4n) is 1.62. The van der Waals surface area contributed by atoms with Gasteiger partial charge in [0.05, 0.1) is 27.2 Å². The predicted molar refractivity (Wildman–Crippen MR) is 46.7 cm³/mol. The summed E-state index contributed by atoms with van der Waals surface area (Å²) in [5.74, 6) is 0. The lowest BCUT2D eigenvalue weighted by Crippen LogP contribution is -3.00. The fraction of sp³-hybridized carbons (Fsp3) is 1.00. The average molecular weight is 303 g/mol. The van der Waals surface area contributed by atoms with Crippen LogP contribution in [0.25, 0.3) is 0 Å². The third-order valence-corrected chi connectivity index (χ3v) is 2.16. The molecule has 3 atom stereocenters. The molecule has 1 fully saturated rings. The van der Waals surface area contributed by atoms with Crippen molar-refractivity contribution in [2.24, 2.45) is 0 Å². The molecule has 0 amide bonds. The first-order chi connectivity index (χ1) is 5.38. The Hall–Kier alpha value is 0.580. The lowest BCUT2D eigenvalue weighted by Gasteiger charge is -2.26. The van der Waals surface area contributed by atoms with Gasteiger partial charge in [-0.2, -0.15) is 0 Å². The van der Waals surface area contributed by atoms with Crippen LogP contribution < -0.4 is 24.0 Å². The molecule has 0 radical (unpaired) electrons. The molecule has 0 spiro atoms. The van der Waals surface area contributed by atoms with E-state index in [2.05, 4.69) is 21.1 Å². The van der Waals surface area contributed by atoms with Gasteiger partial charge in [0.1, 0.15) is 18.8 Å². The largest absolute Gasteiger partial charge is 1.00 e. The maximum atomic E-state index is 13.0. The molecule has 0 saturated carbocycles. The maximum Gasteiger partial charge on any atom is 0.129 e. The Labute approximate surface area is 97.0 Å². The van der Waals surface area contributed by atoms with Crippen molar-refractivity contribution in [2.45, 2.75) is 31.7 Å². The molecule has 1 saturated heterocycles. The number of hydrogen-bond acceptors (Lipinski definition) is 1. The molecule has 1 heterocycles. The number of alkyl halides is 1. The van der Waals surface area contributed by atoms with E-state index in [-0.39, 0.29) is 36.2 Å². The van der Waals surface area contributed by atoms with Gasteiger partial charge >= 0.3 is 0 Å². The first-order valence-corrected chi connectivity index (χ1v) is 4.48. The van der Waals surface area contributed by atoms with Crippen molar-refractivity contribution in [3.05, 3.63) is 0 Å². The molecule has 13 heavy (non-hydrogen) atoms. The second-order valence-electron chi connectivity index (χ2n) is 4.69. The Morgan fingerprint density at radius 3 is 2.23 bits per heavy atom. The minimum atomic E-state index is -0.762. The Bertz CT molecular complexity index is 150. The van der Waals surface area contributed by atoms with Gasteiger partial charge < -0.3 is 33.2 Å². The molecular weight excluding hydrogens is 284 g/mol. The quantitative estimate of drug-likeness (QED) is 0.433.